The summed E-state index contributed by atoms with van der Waals surface area (Å²) < 4.78 is 0. The van der Waals surface area contributed by atoms with Crippen LogP contribution in [0.2, 0.25) is 0 Å². The Morgan fingerprint density at radius 2 is 0.679 bits per heavy atom. The second-order valence-electron chi connectivity index (χ2n) is 17.5. The van der Waals surface area contributed by atoms with Crippen molar-refractivity contribution in [3.05, 3.63) is 237 Å². The van der Waals surface area contributed by atoms with Crippen molar-refractivity contribution in [1.29, 1.82) is 0 Å². The molecular weight excluding hydrogens is 673 g/mol. The molecular formula is C56H42. The predicted octanol–water partition coefficient (Wildman–Crippen LogP) is 13.8. The molecule has 0 N–H and O–H groups in total. The van der Waals surface area contributed by atoms with E-state index in [2.05, 4.69) is 204 Å². The fourth-order valence-electron chi connectivity index (χ4n) is 11.8. The Bertz CT molecular complexity index is 2920. The first-order valence-electron chi connectivity index (χ1n) is 20.2. The van der Waals surface area contributed by atoms with Crippen LogP contribution in [0.25, 0.3) is 44.5 Å². The van der Waals surface area contributed by atoms with Crippen molar-refractivity contribution in [2.75, 3.05) is 0 Å². The van der Waals surface area contributed by atoms with E-state index >= 15 is 0 Å². The molecule has 1 atom stereocenters. The first-order chi connectivity index (χ1) is 27.3. The molecule has 0 aliphatic heterocycles. The highest BCUT2D eigenvalue weighted by molar-refractivity contribution is 5.95. The van der Waals surface area contributed by atoms with Crippen LogP contribution in [0.1, 0.15) is 94.8 Å². The molecule has 12 rings (SSSR count). The van der Waals surface area contributed by atoms with E-state index < -0.39 is 5.41 Å². The third-order valence-corrected chi connectivity index (χ3v) is 14.2. The normalized spacial score (nSPS) is 16.6. The lowest BCUT2D eigenvalue weighted by atomic mass is 9.69. The van der Waals surface area contributed by atoms with Gasteiger partial charge in [0.15, 0.2) is 0 Å². The Balaban J connectivity index is 1.16. The van der Waals surface area contributed by atoms with Crippen LogP contribution in [0.3, 0.4) is 0 Å². The molecule has 0 fully saturated rings. The zero-order valence-electron chi connectivity index (χ0n) is 32.3. The monoisotopic (exact) mass is 714 g/mol. The Hall–Kier alpha value is -6.24. The molecule has 0 bridgehead atoms. The maximum absolute atomic E-state index is 2.61. The third-order valence-electron chi connectivity index (χ3n) is 14.2. The van der Waals surface area contributed by atoms with Gasteiger partial charge in [-0.05, 0) is 106 Å². The molecule has 1 unspecified atom stereocenters. The fraction of sp³-hybridized carbons (Fsp3) is 0.143. The molecule has 0 heteroatoms. The Labute approximate surface area is 330 Å². The van der Waals surface area contributed by atoms with Crippen LogP contribution in [0.5, 0.6) is 0 Å². The van der Waals surface area contributed by atoms with Crippen LogP contribution in [-0.4, -0.2) is 0 Å². The molecule has 56 heavy (non-hydrogen) atoms. The number of fused-ring (bicyclic) bond motifs is 16. The SMILES string of the molecule is CC1(C)c2ccccc2-c2ccc(C(c3ccc4c(c3)C3(c5ccccc5-c5ccccc53)c3ccccc3-4)c3cccc4c3-c3ccccc3C4(C)C)cc21. The van der Waals surface area contributed by atoms with Crippen molar-refractivity contribution in [2.24, 2.45) is 0 Å². The summed E-state index contributed by atoms with van der Waals surface area (Å²) in [5.41, 5.74) is 25.5. The number of hydrogen-bond donors (Lipinski definition) is 0. The minimum Gasteiger partial charge on any atom is -0.0619 e. The fourth-order valence-corrected chi connectivity index (χ4v) is 11.8. The summed E-state index contributed by atoms with van der Waals surface area (Å²) in [4.78, 5) is 0. The van der Waals surface area contributed by atoms with Gasteiger partial charge in [0.05, 0.1) is 5.41 Å². The molecule has 4 aliphatic carbocycles. The van der Waals surface area contributed by atoms with Crippen LogP contribution in [0.15, 0.2) is 176 Å². The minimum atomic E-state index is -0.394. The minimum absolute atomic E-state index is 0.00895. The summed E-state index contributed by atoms with van der Waals surface area (Å²) in [6, 6.07) is 67.6. The van der Waals surface area contributed by atoms with Crippen LogP contribution in [0, 0.1) is 0 Å². The average Bonchev–Trinajstić information content (AvgIpc) is 3.87. The van der Waals surface area contributed by atoms with E-state index in [-0.39, 0.29) is 16.7 Å². The van der Waals surface area contributed by atoms with Gasteiger partial charge in [0, 0.05) is 16.7 Å². The van der Waals surface area contributed by atoms with Crippen molar-refractivity contribution < 1.29 is 0 Å². The molecule has 0 aromatic heterocycles. The molecule has 0 heterocycles. The first-order valence-corrected chi connectivity index (χ1v) is 20.2. The summed E-state index contributed by atoms with van der Waals surface area (Å²) in [5.74, 6) is 0.00895. The molecule has 0 saturated carbocycles. The predicted molar refractivity (Wildman–Crippen MR) is 232 cm³/mol. The lowest BCUT2D eigenvalue weighted by molar-refractivity contribution is 0.658. The van der Waals surface area contributed by atoms with Crippen LogP contribution >= 0.6 is 0 Å². The molecule has 8 aromatic carbocycles. The van der Waals surface area contributed by atoms with E-state index in [1.165, 1.54) is 106 Å². The van der Waals surface area contributed by atoms with E-state index in [4.69, 9.17) is 0 Å². The average molecular weight is 715 g/mol. The summed E-state index contributed by atoms with van der Waals surface area (Å²) in [7, 11) is 0. The molecule has 4 aliphatic rings. The van der Waals surface area contributed by atoms with E-state index in [1.807, 2.05) is 0 Å². The summed E-state index contributed by atoms with van der Waals surface area (Å²) in [5, 5.41) is 0. The van der Waals surface area contributed by atoms with E-state index in [1.54, 1.807) is 0 Å². The van der Waals surface area contributed by atoms with Gasteiger partial charge in [0.25, 0.3) is 0 Å². The molecule has 1 spiro atoms. The second-order valence-corrected chi connectivity index (χ2v) is 17.5. The van der Waals surface area contributed by atoms with Gasteiger partial charge in [-0.15, -0.1) is 0 Å². The molecule has 8 aromatic rings. The highest BCUT2D eigenvalue weighted by atomic mass is 14.5. The van der Waals surface area contributed by atoms with Crippen LogP contribution < -0.4 is 0 Å². The molecule has 0 amide bonds. The smallest absolute Gasteiger partial charge is 0.0619 e. The van der Waals surface area contributed by atoms with Crippen LogP contribution in [0.4, 0.5) is 0 Å². The maximum Gasteiger partial charge on any atom is 0.0725 e. The summed E-state index contributed by atoms with van der Waals surface area (Å²) in [6.07, 6.45) is 0. The van der Waals surface area contributed by atoms with E-state index in [0.29, 0.717) is 0 Å². The standard InChI is InChI=1S/C56H42/c1-54(2)45-23-11-9-20-42(45)53-43(21-15-27-49(53)54)52(34-28-30-40-36-16-5-10-22-44(36)55(3,4)50(40)32-34)35-29-31-41-39-19-8-14-26-48(39)56(51(41)33-35)46-24-12-6-17-37(46)38-18-7-13-25-47(38)56/h5-33,52H,1-4H3. The molecule has 266 valence electrons. The number of rotatable bonds is 3. The van der Waals surface area contributed by atoms with Gasteiger partial charge in [-0.2, -0.15) is 0 Å². The van der Waals surface area contributed by atoms with Gasteiger partial charge in [-0.1, -0.05) is 204 Å². The number of hydrogen-bond acceptors (Lipinski definition) is 0. The van der Waals surface area contributed by atoms with Gasteiger partial charge >= 0.3 is 0 Å². The van der Waals surface area contributed by atoms with E-state index in [0.717, 1.165) is 0 Å². The second kappa shape index (κ2) is 11.0. The lowest BCUT2D eigenvalue weighted by Crippen LogP contribution is -2.26. The Morgan fingerprint density at radius 1 is 0.304 bits per heavy atom. The van der Waals surface area contributed by atoms with Crippen molar-refractivity contribution in [3.8, 4) is 44.5 Å². The van der Waals surface area contributed by atoms with Crippen molar-refractivity contribution in [2.45, 2.75) is 49.9 Å². The van der Waals surface area contributed by atoms with Gasteiger partial charge in [0.1, 0.15) is 0 Å². The molecule has 0 saturated heterocycles. The van der Waals surface area contributed by atoms with Crippen molar-refractivity contribution >= 4 is 0 Å². The zero-order valence-corrected chi connectivity index (χ0v) is 32.3. The van der Waals surface area contributed by atoms with Crippen molar-refractivity contribution in [1.82, 2.24) is 0 Å². The van der Waals surface area contributed by atoms with Gasteiger partial charge in [-0.25, -0.2) is 0 Å². The van der Waals surface area contributed by atoms with Gasteiger partial charge in [0.2, 0.25) is 0 Å². The number of benzene rings is 8. The molecule has 0 nitrogen and oxygen atoms in total. The third kappa shape index (κ3) is 3.85. The Kier molecular flexibility index (Phi) is 6.27. The largest absolute Gasteiger partial charge is 0.0725 e. The maximum atomic E-state index is 2.61. The van der Waals surface area contributed by atoms with Gasteiger partial charge < -0.3 is 0 Å². The Morgan fingerprint density at radius 3 is 1.23 bits per heavy atom. The first kappa shape index (κ1) is 32.0. The zero-order chi connectivity index (χ0) is 37.6. The van der Waals surface area contributed by atoms with Crippen LogP contribution in [-0.2, 0) is 16.2 Å². The van der Waals surface area contributed by atoms with E-state index in [9.17, 15) is 0 Å². The summed E-state index contributed by atoms with van der Waals surface area (Å²) in [6.45, 7) is 9.61. The topological polar surface area (TPSA) is 0 Å². The highest BCUT2D eigenvalue weighted by Gasteiger charge is 2.52. The lowest BCUT2D eigenvalue weighted by Gasteiger charge is -2.32. The van der Waals surface area contributed by atoms with Crippen molar-refractivity contribution in [3.63, 3.8) is 0 Å². The highest BCUT2D eigenvalue weighted by Crippen LogP contribution is 2.63. The summed E-state index contributed by atoms with van der Waals surface area (Å²) >= 11 is 0. The molecule has 0 radical (unpaired) electrons. The van der Waals surface area contributed by atoms with Gasteiger partial charge in [-0.3, -0.25) is 0 Å². The quantitative estimate of drug-likeness (QED) is 0.160.